The Kier molecular flexibility index (Phi) is 7.49. The molecule has 8 heteroatoms. The first-order valence-corrected chi connectivity index (χ1v) is 13.4. The van der Waals surface area contributed by atoms with Crippen molar-refractivity contribution in [2.24, 2.45) is 0 Å². The summed E-state index contributed by atoms with van der Waals surface area (Å²) >= 11 is 12.2. The van der Waals surface area contributed by atoms with Crippen LogP contribution in [0.2, 0.25) is 5.02 Å². The lowest BCUT2D eigenvalue weighted by Gasteiger charge is -2.28. The minimum Gasteiger partial charge on any atom is -0.352 e. The van der Waals surface area contributed by atoms with Crippen molar-refractivity contribution in [3.63, 3.8) is 0 Å². The molecule has 1 aliphatic heterocycles. The van der Waals surface area contributed by atoms with Crippen LogP contribution in [0.1, 0.15) is 46.7 Å². The number of nitrogens with one attached hydrogen (secondary N) is 2. The highest BCUT2D eigenvalue weighted by molar-refractivity contribution is 7.80. The zero-order valence-corrected chi connectivity index (χ0v) is 23.2. The van der Waals surface area contributed by atoms with Gasteiger partial charge in [0.15, 0.2) is 5.11 Å². The fourth-order valence-corrected chi connectivity index (χ4v) is 5.73. The van der Waals surface area contributed by atoms with Gasteiger partial charge in [-0.25, -0.2) is 0 Å². The number of carbonyl (C=O) groups is 1. The van der Waals surface area contributed by atoms with Crippen LogP contribution in [0.4, 0.5) is 5.69 Å². The maximum absolute atomic E-state index is 12.8. The first kappa shape index (κ1) is 25.9. The molecule has 0 unspecified atom stereocenters. The van der Waals surface area contributed by atoms with E-state index in [1.165, 1.54) is 0 Å². The first-order chi connectivity index (χ1) is 18.3. The number of pyridine rings is 1. The molecular formula is C30H30ClN5OS. The lowest BCUT2D eigenvalue weighted by Crippen LogP contribution is -2.32. The Morgan fingerprint density at radius 2 is 1.82 bits per heavy atom. The molecule has 0 saturated carbocycles. The van der Waals surface area contributed by atoms with Gasteiger partial charge in [0.05, 0.1) is 17.8 Å². The van der Waals surface area contributed by atoms with Crippen LogP contribution in [-0.4, -0.2) is 32.0 Å². The van der Waals surface area contributed by atoms with Gasteiger partial charge in [-0.15, -0.1) is 0 Å². The quantitative estimate of drug-likeness (QED) is 0.262. The van der Waals surface area contributed by atoms with Crippen molar-refractivity contribution in [1.82, 2.24) is 19.8 Å². The Labute approximate surface area is 233 Å². The lowest BCUT2D eigenvalue weighted by molar-refractivity contribution is -0.116. The second-order valence-electron chi connectivity index (χ2n) is 9.58. The lowest BCUT2D eigenvalue weighted by atomic mass is 9.96. The largest absolute Gasteiger partial charge is 0.352 e. The number of amides is 1. The Morgan fingerprint density at radius 1 is 1.05 bits per heavy atom. The molecule has 3 heterocycles. The third-order valence-electron chi connectivity index (χ3n) is 7.04. The van der Waals surface area contributed by atoms with Crippen molar-refractivity contribution in [3.05, 3.63) is 112 Å². The molecule has 2 atom stereocenters. The number of aryl methyl sites for hydroxylation is 2. The van der Waals surface area contributed by atoms with E-state index in [1.54, 1.807) is 6.20 Å². The number of hydrogen-bond donors (Lipinski definition) is 2. The molecule has 0 radical (unpaired) electrons. The number of hydrogen-bond acceptors (Lipinski definition) is 3. The van der Waals surface area contributed by atoms with Crippen molar-refractivity contribution in [2.75, 3.05) is 11.9 Å². The number of halogens is 1. The van der Waals surface area contributed by atoms with Gasteiger partial charge in [0.1, 0.15) is 0 Å². The molecule has 4 aromatic rings. The molecule has 1 fully saturated rings. The minimum atomic E-state index is -0.157. The van der Waals surface area contributed by atoms with Crippen LogP contribution in [0.25, 0.3) is 5.69 Å². The van der Waals surface area contributed by atoms with Crippen molar-refractivity contribution in [2.45, 2.75) is 39.3 Å². The Bertz CT molecular complexity index is 1470. The summed E-state index contributed by atoms with van der Waals surface area (Å²) in [4.78, 5) is 19.6. The van der Waals surface area contributed by atoms with Crippen molar-refractivity contribution in [3.8, 4) is 5.69 Å². The van der Waals surface area contributed by atoms with Crippen LogP contribution < -0.4 is 10.6 Å². The zero-order chi connectivity index (χ0) is 26.8. The summed E-state index contributed by atoms with van der Waals surface area (Å²) in [7, 11) is 0. The van der Waals surface area contributed by atoms with E-state index < -0.39 is 0 Å². The van der Waals surface area contributed by atoms with Crippen LogP contribution in [0, 0.1) is 20.8 Å². The van der Waals surface area contributed by atoms with E-state index in [1.807, 2.05) is 66.7 Å². The van der Waals surface area contributed by atoms with Gasteiger partial charge in [0.2, 0.25) is 5.91 Å². The third kappa shape index (κ3) is 5.17. The number of anilines is 1. The average Bonchev–Trinajstić information content (AvgIpc) is 3.39. The molecule has 2 aromatic carbocycles. The van der Waals surface area contributed by atoms with E-state index in [2.05, 4.69) is 51.9 Å². The molecule has 0 spiro atoms. The van der Waals surface area contributed by atoms with Crippen LogP contribution in [0.5, 0.6) is 0 Å². The van der Waals surface area contributed by atoms with Gasteiger partial charge in [-0.05, 0) is 86.6 Å². The van der Waals surface area contributed by atoms with E-state index in [4.69, 9.17) is 23.8 Å². The summed E-state index contributed by atoms with van der Waals surface area (Å²) in [6.07, 6.45) is 2.10. The maximum Gasteiger partial charge on any atom is 0.226 e. The number of benzene rings is 2. The Balaban J connectivity index is 1.50. The van der Waals surface area contributed by atoms with E-state index in [-0.39, 0.29) is 18.0 Å². The molecular weight excluding hydrogens is 514 g/mol. The second kappa shape index (κ2) is 11.0. The normalized spacial score (nSPS) is 16.9. The topological polar surface area (TPSA) is 62.2 Å². The zero-order valence-electron chi connectivity index (χ0n) is 21.6. The molecule has 2 N–H and O–H groups in total. The predicted octanol–water partition coefficient (Wildman–Crippen LogP) is 6.45. The molecule has 1 aliphatic rings. The van der Waals surface area contributed by atoms with Gasteiger partial charge in [-0.1, -0.05) is 41.9 Å². The summed E-state index contributed by atoms with van der Waals surface area (Å²) in [5, 5.41) is 7.78. The summed E-state index contributed by atoms with van der Waals surface area (Å²) in [6, 6.07) is 23.3. The molecule has 2 aromatic heterocycles. The fraction of sp³-hybridized carbons (Fsp3) is 0.233. The van der Waals surface area contributed by atoms with Crippen molar-refractivity contribution < 1.29 is 4.79 Å². The van der Waals surface area contributed by atoms with Gasteiger partial charge in [0, 0.05) is 46.9 Å². The predicted molar refractivity (Wildman–Crippen MR) is 157 cm³/mol. The van der Waals surface area contributed by atoms with Crippen LogP contribution >= 0.6 is 23.8 Å². The highest BCUT2D eigenvalue weighted by atomic mass is 35.5. The van der Waals surface area contributed by atoms with E-state index in [0.29, 0.717) is 23.1 Å². The van der Waals surface area contributed by atoms with Gasteiger partial charge in [-0.2, -0.15) is 0 Å². The number of para-hydroxylation sites is 1. The number of rotatable bonds is 7. The Morgan fingerprint density at radius 3 is 2.55 bits per heavy atom. The fourth-order valence-electron chi connectivity index (χ4n) is 5.23. The average molecular weight is 544 g/mol. The number of nitrogens with zero attached hydrogens (tertiary/aromatic N) is 3. The van der Waals surface area contributed by atoms with E-state index in [0.717, 1.165) is 39.6 Å². The number of thiocarbonyl (C=S) groups is 1. The van der Waals surface area contributed by atoms with Gasteiger partial charge in [0.25, 0.3) is 0 Å². The molecule has 6 nitrogen and oxygen atoms in total. The highest BCUT2D eigenvalue weighted by Gasteiger charge is 2.41. The SMILES string of the molecule is Cc1ccc(Cl)cc1-n1c(C)cc([C@@H]2[C@H](c3ccccn3)NC(=S)N2CCC(=O)Nc2ccccc2)c1C. The molecule has 1 amide bonds. The van der Waals surface area contributed by atoms with E-state index in [9.17, 15) is 4.79 Å². The van der Waals surface area contributed by atoms with Gasteiger partial charge >= 0.3 is 0 Å². The van der Waals surface area contributed by atoms with Crippen molar-refractivity contribution in [1.29, 1.82) is 0 Å². The standard InChI is InChI=1S/C30H30ClN5OS/c1-19-12-13-22(31)18-26(19)36-20(2)17-24(21(36)3)29-28(25-11-7-8-15-32-25)34-30(38)35(29)16-14-27(37)33-23-9-5-4-6-10-23/h4-13,15,17-18,28-29H,14,16H2,1-3H3,(H,33,37)(H,34,38)/t28-,29+/m0/s1. The monoisotopic (exact) mass is 543 g/mol. The first-order valence-electron chi connectivity index (χ1n) is 12.6. The second-order valence-corrected chi connectivity index (χ2v) is 10.4. The van der Waals surface area contributed by atoms with Crippen LogP contribution in [0.15, 0.2) is 79.0 Å². The summed E-state index contributed by atoms with van der Waals surface area (Å²) in [6.45, 7) is 6.79. The summed E-state index contributed by atoms with van der Waals surface area (Å²) in [5.74, 6) is -0.0564. The molecule has 1 saturated heterocycles. The Hall–Kier alpha value is -3.68. The smallest absolute Gasteiger partial charge is 0.226 e. The van der Waals surface area contributed by atoms with Crippen LogP contribution in [-0.2, 0) is 4.79 Å². The number of aromatic nitrogens is 2. The molecule has 5 rings (SSSR count). The van der Waals surface area contributed by atoms with Crippen molar-refractivity contribution >= 4 is 40.5 Å². The number of carbonyl (C=O) groups excluding carboxylic acids is 1. The molecule has 38 heavy (non-hydrogen) atoms. The minimum absolute atomic E-state index is 0.0564. The highest BCUT2D eigenvalue weighted by Crippen LogP contribution is 2.41. The summed E-state index contributed by atoms with van der Waals surface area (Å²) < 4.78 is 2.24. The van der Waals surface area contributed by atoms with Gasteiger partial charge in [-0.3, -0.25) is 9.78 Å². The maximum atomic E-state index is 12.8. The molecule has 194 valence electrons. The summed E-state index contributed by atoms with van der Waals surface area (Å²) in [5.41, 5.74) is 7.20. The third-order valence-corrected chi connectivity index (χ3v) is 7.62. The van der Waals surface area contributed by atoms with E-state index >= 15 is 0 Å². The van der Waals surface area contributed by atoms with Crippen LogP contribution in [0.3, 0.4) is 0 Å². The molecule has 0 bridgehead atoms. The van der Waals surface area contributed by atoms with Gasteiger partial charge < -0.3 is 20.1 Å². The molecule has 0 aliphatic carbocycles.